The number of H-pyrrole nitrogens is 1. The summed E-state index contributed by atoms with van der Waals surface area (Å²) in [4.78, 5) is 57.5. The van der Waals surface area contributed by atoms with Gasteiger partial charge in [0.25, 0.3) is 0 Å². The van der Waals surface area contributed by atoms with Gasteiger partial charge in [-0.15, -0.1) is 17.9 Å². The van der Waals surface area contributed by atoms with Crippen LogP contribution in [-0.4, -0.2) is 96.3 Å². The van der Waals surface area contributed by atoms with Crippen molar-refractivity contribution in [2.24, 2.45) is 11.8 Å². The van der Waals surface area contributed by atoms with E-state index in [1.807, 2.05) is 48.7 Å². The van der Waals surface area contributed by atoms with Gasteiger partial charge in [-0.2, -0.15) is 0 Å². The summed E-state index contributed by atoms with van der Waals surface area (Å²) in [6.07, 6.45) is 12.8. The number of anilines is 1. The van der Waals surface area contributed by atoms with Crippen LogP contribution in [0.2, 0.25) is 0 Å². The van der Waals surface area contributed by atoms with Crippen LogP contribution in [0.4, 0.5) is 9.93 Å². The van der Waals surface area contributed by atoms with E-state index < -0.39 is 24.6 Å². The molecule has 2 heterocycles. The molecule has 17 heteroatoms. The van der Waals surface area contributed by atoms with E-state index in [0.717, 1.165) is 39.1 Å². The van der Waals surface area contributed by atoms with Crippen LogP contribution in [0, 0.1) is 11.8 Å². The van der Waals surface area contributed by atoms with Crippen LogP contribution >= 0.6 is 18.7 Å². The standard InChI is InChI=1S/C24H34N3O6P.C16H17N3O2S.C6H12O.C4H10/c1-3-5-13-27(22(30)17-25-19-29)23(31)26-24(16-21(24)4-2)34(32,33-15-10-9-14-28)18-20-11-7-6-8-12-20;1-9(2)17-16-19-14(8-22-16)13-7-15(20)11-5-4-10(21-3)6-12(11)18-13;1-7-6-4-2-3-5-6;1-4(2)3/h4,6-12,19,21,28H,2-3,5,13-18H2,1H3,(H,25,29)(H,26,31);4-9H,1-3H3,(H,17,19)(H,18,20);6H,2-5H2,1H3;4H,1-3H3/b10-9-;;;/t21?,24-,34?;;;/m0.../s1. The maximum Gasteiger partial charge on any atom is 0.325 e. The Morgan fingerprint density at radius 3 is 2.34 bits per heavy atom. The smallest absolute Gasteiger partial charge is 0.325 e. The Morgan fingerprint density at radius 1 is 1.07 bits per heavy atom. The number of fused-ring (bicyclic) bond motifs is 1. The summed E-state index contributed by atoms with van der Waals surface area (Å²) in [5, 5.41) is 19.6. The number of aromatic nitrogens is 2. The molecular weight excluding hydrogens is 892 g/mol. The molecule has 0 saturated heterocycles. The number of hydrogen-bond donors (Lipinski definition) is 5. The number of unbranched alkanes of at least 4 members (excludes halogenated alkanes) is 1. The van der Waals surface area contributed by atoms with Crippen molar-refractivity contribution in [3.05, 3.63) is 101 Å². The lowest BCUT2D eigenvalue weighted by molar-refractivity contribution is -0.128. The average molecular weight is 965 g/mol. The minimum absolute atomic E-state index is 0.00606. The number of thiazole rings is 1. The van der Waals surface area contributed by atoms with E-state index in [-0.39, 0.29) is 43.8 Å². The highest BCUT2D eigenvalue weighted by atomic mass is 32.1. The third-order valence-corrected chi connectivity index (χ3v) is 14.5. The number of urea groups is 1. The number of nitrogens with zero attached hydrogens (tertiary/aromatic N) is 2. The van der Waals surface area contributed by atoms with Crippen molar-refractivity contribution in [1.82, 2.24) is 25.5 Å². The Balaban J connectivity index is 0.000000303. The molecule has 368 valence electrons. The first kappa shape index (κ1) is 56.2. The molecule has 2 saturated carbocycles. The number of carbonyl (C=O) groups excluding carboxylic acids is 3. The monoisotopic (exact) mass is 964 g/mol. The first-order valence-electron chi connectivity index (χ1n) is 23.0. The molecule has 6 rings (SSSR count). The summed E-state index contributed by atoms with van der Waals surface area (Å²) in [7, 11) is -0.156. The molecule has 0 aliphatic heterocycles. The predicted molar refractivity (Wildman–Crippen MR) is 271 cm³/mol. The quantitative estimate of drug-likeness (QED) is 0.0321. The number of methoxy groups -OCH3 is 2. The molecule has 3 atom stereocenters. The minimum atomic E-state index is -3.56. The first-order chi connectivity index (χ1) is 32.1. The molecule has 2 unspecified atom stereocenters. The van der Waals surface area contributed by atoms with Crippen molar-refractivity contribution in [3.63, 3.8) is 0 Å². The van der Waals surface area contributed by atoms with Gasteiger partial charge in [0.05, 0.1) is 56.0 Å². The van der Waals surface area contributed by atoms with Gasteiger partial charge >= 0.3 is 6.03 Å². The molecule has 2 aliphatic carbocycles. The molecule has 2 aromatic carbocycles. The Kier molecular flexibility index (Phi) is 24.3. The fraction of sp³-hybridized carbons (Fsp3) is 0.500. The summed E-state index contributed by atoms with van der Waals surface area (Å²) in [5.41, 5.74) is 2.97. The number of aromatic amines is 1. The molecule has 67 heavy (non-hydrogen) atoms. The average Bonchev–Trinajstić information content (AvgIpc) is 3.57. The normalized spacial score (nSPS) is 17.2. The number of nitrogens with one attached hydrogen (secondary N) is 4. The third kappa shape index (κ3) is 17.8. The molecular formula is C50H73N6O9PS. The lowest BCUT2D eigenvalue weighted by Crippen LogP contribution is -2.51. The molecule has 0 bridgehead atoms. The lowest BCUT2D eigenvalue weighted by atomic mass is 10.1. The van der Waals surface area contributed by atoms with Crippen LogP contribution in [0.15, 0.2) is 89.6 Å². The van der Waals surface area contributed by atoms with Gasteiger partial charge in [0.2, 0.25) is 19.7 Å². The number of pyridine rings is 1. The molecule has 15 nitrogen and oxygen atoms in total. The van der Waals surface area contributed by atoms with Crippen LogP contribution in [0.3, 0.4) is 0 Å². The van der Waals surface area contributed by atoms with E-state index in [1.165, 1.54) is 43.1 Å². The van der Waals surface area contributed by atoms with Crippen molar-refractivity contribution in [2.45, 2.75) is 110 Å². The Labute approximate surface area is 400 Å². The second-order valence-corrected chi connectivity index (χ2v) is 20.8. The van der Waals surface area contributed by atoms with E-state index in [4.69, 9.17) is 19.1 Å². The second-order valence-electron chi connectivity index (χ2n) is 17.2. The minimum Gasteiger partial charge on any atom is -0.497 e. The van der Waals surface area contributed by atoms with Gasteiger partial charge < -0.3 is 40.0 Å². The number of imide groups is 1. The number of benzene rings is 2. The third-order valence-electron chi connectivity index (χ3n) is 10.6. The number of amides is 4. The highest BCUT2D eigenvalue weighted by molar-refractivity contribution is 7.60. The van der Waals surface area contributed by atoms with Gasteiger partial charge in [-0.3, -0.25) is 23.8 Å². The molecule has 4 aromatic rings. The van der Waals surface area contributed by atoms with Crippen LogP contribution in [-0.2, 0) is 29.6 Å². The van der Waals surface area contributed by atoms with E-state index in [2.05, 4.69) is 67.1 Å². The summed E-state index contributed by atoms with van der Waals surface area (Å²) >= 11 is 1.52. The van der Waals surface area contributed by atoms with Crippen LogP contribution in [0.5, 0.6) is 5.75 Å². The summed E-state index contributed by atoms with van der Waals surface area (Å²) in [5.74, 6) is 0.679. The van der Waals surface area contributed by atoms with Gasteiger partial charge in [0.1, 0.15) is 11.0 Å². The predicted octanol–water partition coefficient (Wildman–Crippen LogP) is 9.73. The number of aliphatic hydroxyl groups is 1. The van der Waals surface area contributed by atoms with E-state index >= 15 is 0 Å². The zero-order valence-corrected chi connectivity index (χ0v) is 42.3. The van der Waals surface area contributed by atoms with E-state index in [9.17, 15) is 23.7 Å². The fourth-order valence-electron chi connectivity index (χ4n) is 7.07. The lowest BCUT2D eigenvalue weighted by Gasteiger charge is -2.31. The zero-order chi connectivity index (χ0) is 49.4. The van der Waals surface area contributed by atoms with Gasteiger partial charge in [0, 0.05) is 48.5 Å². The maximum absolute atomic E-state index is 14.4. The van der Waals surface area contributed by atoms with Crippen molar-refractivity contribution >= 4 is 53.1 Å². The highest BCUT2D eigenvalue weighted by Gasteiger charge is 2.66. The SMILES string of the molecule is C=CC1C[C@]1(NC(=O)N(CCCC)C(=O)CNC=O)P(=O)(Cc1ccccc1)OC/C=C\CO.CC(C)C.COC1CCCC1.COc1ccc2c(=O)cc(-c3csc(NC(C)C)n3)[nH]c2c1. The molecule has 2 aliphatic rings. The van der Waals surface area contributed by atoms with Crippen LogP contribution < -0.4 is 26.1 Å². The van der Waals surface area contributed by atoms with Gasteiger partial charge in [0.15, 0.2) is 10.6 Å². The van der Waals surface area contributed by atoms with Gasteiger partial charge in [-0.05, 0) is 63.1 Å². The summed E-state index contributed by atoms with van der Waals surface area (Å²) in [6, 6.07) is 15.8. The van der Waals surface area contributed by atoms with Crippen LogP contribution in [0.25, 0.3) is 22.3 Å². The van der Waals surface area contributed by atoms with Crippen molar-refractivity contribution in [2.75, 3.05) is 45.8 Å². The zero-order valence-electron chi connectivity index (χ0n) is 40.5. The Morgan fingerprint density at radius 2 is 1.78 bits per heavy atom. The van der Waals surface area contributed by atoms with Crippen molar-refractivity contribution < 1.29 is 38.1 Å². The molecule has 5 N–H and O–H groups in total. The van der Waals surface area contributed by atoms with E-state index in [1.54, 1.807) is 44.6 Å². The first-order valence-corrected chi connectivity index (χ1v) is 25.7. The largest absolute Gasteiger partial charge is 0.497 e. The Hall–Kier alpha value is -5.12. The number of carbonyl (C=O) groups is 3. The van der Waals surface area contributed by atoms with Crippen molar-refractivity contribution in [1.29, 1.82) is 0 Å². The summed E-state index contributed by atoms with van der Waals surface area (Å²) in [6.45, 7) is 16.0. The number of hydrogen-bond acceptors (Lipinski definition) is 12. The molecule has 0 spiro atoms. The van der Waals surface area contributed by atoms with Crippen molar-refractivity contribution in [3.8, 4) is 17.1 Å². The topological polar surface area (TPSA) is 201 Å². The van der Waals surface area contributed by atoms with Gasteiger partial charge in [-0.25, -0.2) is 9.78 Å². The number of rotatable bonds is 20. The summed E-state index contributed by atoms with van der Waals surface area (Å²) < 4.78 is 30.6. The number of ether oxygens (including phenoxy) is 2. The van der Waals surface area contributed by atoms with E-state index in [0.29, 0.717) is 48.2 Å². The molecule has 0 radical (unpaired) electrons. The highest BCUT2D eigenvalue weighted by Crippen LogP contribution is 2.73. The van der Waals surface area contributed by atoms with Gasteiger partial charge in [-0.1, -0.05) is 95.5 Å². The molecule has 2 aromatic heterocycles. The van der Waals surface area contributed by atoms with Crippen LogP contribution in [0.1, 0.15) is 92.1 Å². The Bertz CT molecular complexity index is 2280. The second kappa shape index (κ2) is 28.9. The molecule has 2 fully saturated rings. The number of aliphatic hydroxyl groups excluding tert-OH is 1. The maximum atomic E-state index is 14.4. The fourth-order valence-corrected chi connectivity index (χ4v) is 10.9. The molecule has 4 amide bonds.